The molecule has 2 aliphatic rings. The predicted molar refractivity (Wildman–Crippen MR) is 86.5 cm³/mol. The quantitative estimate of drug-likeness (QED) is 0.784. The van der Waals surface area contributed by atoms with E-state index in [0.29, 0.717) is 36.3 Å². The van der Waals surface area contributed by atoms with Crippen molar-refractivity contribution in [3.8, 4) is 11.8 Å². The van der Waals surface area contributed by atoms with Gasteiger partial charge in [-0.25, -0.2) is 4.57 Å². The monoisotopic (exact) mass is 366 g/mol. The van der Waals surface area contributed by atoms with Gasteiger partial charge in [-0.3, -0.25) is 9.32 Å². The molecule has 0 saturated carbocycles. The highest BCUT2D eigenvalue weighted by atomic mass is 31.2. The fourth-order valence-electron chi connectivity index (χ4n) is 3.45. The van der Waals surface area contributed by atoms with Crippen LogP contribution in [0.3, 0.4) is 0 Å². The van der Waals surface area contributed by atoms with Crippen molar-refractivity contribution in [2.45, 2.75) is 44.4 Å². The molecule has 2 aliphatic heterocycles. The van der Waals surface area contributed by atoms with Crippen LogP contribution in [0.15, 0.2) is 18.2 Å². The summed E-state index contributed by atoms with van der Waals surface area (Å²) in [6.45, 7) is 3.76. The second-order valence-corrected chi connectivity index (χ2v) is 7.91. The minimum absolute atomic E-state index is 0.115. The summed E-state index contributed by atoms with van der Waals surface area (Å²) in [5.74, 6) is 0.356. The zero-order chi connectivity index (χ0) is 18.4. The molecule has 134 valence electrons. The topological polar surface area (TPSA) is 120 Å². The van der Waals surface area contributed by atoms with E-state index in [9.17, 15) is 24.4 Å². The van der Waals surface area contributed by atoms with Crippen molar-refractivity contribution < 1.29 is 28.4 Å². The number of carbonyl (C=O) groups is 1. The van der Waals surface area contributed by atoms with E-state index in [2.05, 4.69) is 0 Å². The number of phosphoric ester groups is 1. The molecule has 2 heterocycles. The van der Waals surface area contributed by atoms with Crippen LogP contribution in [-0.2, 0) is 13.9 Å². The standard InChI is InChI=1S/C16H19N2O6P/c1-16(2)15(24-25(20,21)22)14(18-7-3-4-13(18)19)11-8-10(9-17)5-6-12(11)23-16/h5-6,8,14-15H,3-4,7H2,1-2H3,(H2,20,21,22)/t14-,15-/m0/s1. The first kappa shape index (κ1) is 17.9. The number of ether oxygens (including phenoxy) is 1. The molecule has 1 fully saturated rings. The van der Waals surface area contributed by atoms with Crippen molar-refractivity contribution in [2.75, 3.05) is 6.54 Å². The average Bonchev–Trinajstić information content (AvgIpc) is 2.92. The number of nitrogens with zero attached hydrogens (tertiary/aromatic N) is 2. The zero-order valence-electron chi connectivity index (χ0n) is 13.9. The number of phosphoric acid groups is 1. The number of hydrogen-bond acceptors (Lipinski definition) is 5. The Morgan fingerprint density at radius 1 is 1.44 bits per heavy atom. The first-order valence-corrected chi connectivity index (χ1v) is 9.42. The van der Waals surface area contributed by atoms with Crippen LogP contribution < -0.4 is 4.74 Å². The van der Waals surface area contributed by atoms with Gasteiger partial charge < -0.3 is 19.4 Å². The van der Waals surface area contributed by atoms with Gasteiger partial charge in [0.2, 0.25) is 5.91 Å². The van der Waals surface area contributed by atoms with E-state index in [0.717, 1.165) is 0 Å². The van der Waals surface area contributed by atoms with Crippen molar-refractivity contribution >= 4 is 13.7 Å². The maximum Gasteiger partial charge on any atom is 0.470 e. The van der Waals surface area contributed by atoms with Crippen molar-refractivity contribution in [1.29, 1.82) is 5.26 Å². The molecule has 0 aromatic heterocycles. The summed E-state index contributed by atoms with van der Waals surface area (Å²) in [6, 6.07) is 6.10. The van der Waals surface area contributed by atoms with Crippen molar-refractivity contribution in [3.63, 3.8) is 0 Å². The van der Waals surface area contributed by atoms with Gasteiger partial charge in [0, 0.05) is 18.5 Å². The van der Waals surface area contributed by atoms with Crippen LogP contribution in [-0.4, -0.2) is 38.8 Å². The lowest BCUT2D eigenvalue weighted by molar-refractivity contribution is -0.138. The first-order chi connectivity index (χ1) is 11.6. The first-order valence-electron chi connectivity index (χ1n) is 7.89. The number of amides is 1. The van der Waals surface area contributed by atoms with Crippen LogP contribution in [0.5, 0.6) is 5.75 Å². The van der Waals surface area contributed by atoms with E-state index in [1.54, 1.807) is 36.9 Å². The molecule has 0 unspecified atom stereocenters. The number of nitriles is 1. The highest BCUT2D eigenvalue weighted by Gasteiger charge is 2.51. The molecule has 3 rings (SSSR count). The van der Waals surface area contributed by atoms with Gasteiger partial charge in [-0.2, -0.15) is 5.26 Å². The SMILES string of the molecule is CC1(C)Oc2ccc(C#N)cc2[C@H](N2CCCC2=O)[C@@H]1OP(=O)(O)O. The third-order valence-electron chi connectivity index (χ3n) is 4.50. The van der Waals surface area contributed by atoms with Crippen LogP contribution >= 0.6 is 7.82 Å². The third kappa shape index (κ3) is 3.42. The molecule has 0 bridgehead atoms. The van der Waals surface area contributed by atoms with E-state index in [-0.39, 0.29) is 5.91 Å². The molecule has 8 nitrogen and oxygen atoms in total. The summed E-state index contributed by atoms with van der Waals surface area (Å²) >= 11 is 0. The van der Waals surface area contributed by atoms with Crippen LogP contribution in [0.2, 0.25) is 0 Å². The van der Waals surface area contributed by atoms with Gasteiger partial charge in [0.1, 0.15) is 17.5 Å². The predicted octanol–water partition coefficient (Wildman–Crippen LogP) is 1.87. The lowest BCUT2D eigenvalue weighted by Crippen LogP contribution is -2.54. The van der Waals surface area contributed by atoms with Crippen LogP contribution in [0.25, 0.3) is 0 Å². The van der Waals surface area contributed by atoms with Crippen LogP contribution in [0.4, 0.5) is 0 Å². The molecule has 9 heteroatoms. The number of rotatable bonds is 3. The summed E-state index contributed by atoms with van der Waals surface area (Å²) in [5, 5.41) is 9.17. The van der Waals surface area contributed by atoms with E-state index in [1.807, 2.05) is 6.07 Å². The average molecular weight is 366 g/mol. The molecular formula is C16H19N2O6P. The molecular weight excluding hydrogens is 347 g/mol. The Kier molecular flexibility index (Phi) is 4.38. The minimum Gasteiger partial charge on any atom is -0.485 e. The van der Waals surface area contributed by atoms with Crippen LogP contribution in [0, 0.1) is 11.3 Å². The number of benzene rings is 1. The summed E-state index contributed by atoms with van der Waals surface area (Å²) in [6.07, 6.45) is -0.0583. The Balaban J connectivity index is 2.16. The van der Waals surface area contributed by atoms with E-state index >= 15 is 0 Å². The minimum atomic E-state index is -4.83. The van der Waals surface area contributed by atoms with Crippen molar-refractivity contribution in [3.05, 3.63) is 29.3 Å². The number of likely N-dealkylation sites (tertiary alicyclic amines) is 1. The largest absolute Gasteiger partial charge is 0.485 e. The van der Waals surface area contributed by atoms with Crippen molar-refractivity contribution in [2.24, 2.45) is 0 Å². The fourth-order valence-corrected chi connectivity index (χ4v) is 4.12. The van der Waals surface area contributed by atoms with Gasteiger partial charge in [0.05, 0.1) is 17.7 Å². The van der Waals surface area contributed by atoms with Crippen LogP contribution in [0.1, 0.15) is 43.9 Å². The van der Waals surface area contributed by atoms with Gasteiger partial charge in [0.25, 0.3) is 0 Å². The zero-order valence-corrected chi connectivity index (χ0v) is 14.8. The molecule has 1 amide bonds. The molecule has 2 N–H and O–H groups in total. The van der Waals surface area contributed by atoms with E-state index in [4.69, 9.17) is 9.26 Å². The maximum atomic E-state index is 12.3. The molecule has 0 radical (unpaired) electrons. The lowest BCUT2D eigenvalue weighted by Gasteiger charge is -2.47. The molecule has 0 spiro atoms. The normalized spacial score (nSPS) is 25.2. The molecule has 25 heavy (non-hydrogen) atoms. The highest BCUT2D eigenvalue weighted by Crippen LogP contribution is 2.51. The second-order valence-electron chi connectivity index (χ2n) is 6.72. The maximum absolute atomic E-state index is 12.3. The van der Waals surface area contributed by atoms with Gasteiger partial charge in [-0.15, -0.1) is 0 Å². The van der Waals surface area contributed by atoms with Gasteiger partial charge in [-0.05, 0) is 38.5 Å². The highest BCUT2D eigenvalue weighted by molar-refractivity contribution is 7.46. The number of hydrogen-bond donors (Lipinski definition) is 2. The van der Waals surface area contributed by atoms with Gasteiger partial charge in [0.15, 0.2) is 0 Å². The summed E-state index contributed by atoms with van der Waals surface area (Å²) in [7, 11) is -4.83. The molecule has 1 saturated heterocycles. The van der Waals surface area contributed by atoms with Gasteiger partial charge in [-0.1, -0.05) is 0 Å². The summed E-state index contributed by atoms with van der Waals surface area (Å²) in [4.78, 5) is 32.6. The van der Waals surface area contributed by atoms with E-state index < -0.39 is 25.6 Å². The molecule has 1 aromatic rings. The lowest BCUT2D eigenvalue weighted by atomic mass is 9.85. The van der Waals surface area contributed by atoms with Crippen molar-refractivity contribution in [1.82, 2.24) is 4.90 Å². The van der Waals surface area contributed by atoms with E-state index in [1.165, 1.54) is 0 Å². The number of fused-ring (bicyclic) bond motifs is 1. The fraction of sp³-hybridized carbons (Fsp3) is 0.500. The summed E-state index contributed by atoms with van der Waals surface area (Å²) < 4.78 is 22.5. The number of carbonyl (C=O) groups excluding carboxylic acids is 1. The van der Waals surface area contributed by atoms with Gasteiger partial charge >= 0.3 is 7.82 Å². The Labute approximate surface area is 145 Å². The molecule has 1 aromatic carbocycles. The Hall–Kier alpha value is -1.91. The molecule has 0 aliphatic carbocycles. The smallest absolute Gasteiger partial charge is 0.470 e. The summed E-state index contributed by atoms with van der Waals surface area (Å²) in [5.41, 5.74) is -0.198. The Morgan fingerprint density at radius 3 is 2.72 bits per heavy atom. The Morgan fingerprint density at radius 2 is 2.16 bits per heavy atom. The molecule has 2 atom stereocenters. The Bertz CT molecular complexity index is 796. The third-order valence-corrected chi connectivity index (χ3v) is 5.00. The second kappa shape index (κ2) is 6.11.